The number of benzene rings is 1. The molecule has 1 atom stereocenters. The van der Waals surface area contributed by atoms with Crippen molar-refractivity contribution in [2.24, 2.45) is 0 Å². The normalized spacial score (nSPS) is 21.2. The van der Waals surface area contributed by atoms with Gasteiger partial charge in [0.25, 0.3) is 0 Å². The van der Waals surface area contributed by atoms with E-state index >= 15 is 0 Å². The molecule has 0 radical (unpaired) electrons. The van der Waals surface area contributed by atoms with E-state index in [4.69, 9.17) is 0 Å². The van der Waals surface area contributed by atoms with Gasteiger partial charge in [0.1, 0.15) is 5.82 Å². The molecule has 1 unspecified atom stereocenters. The van der Waals surface area contributed by atoms with Gasteiger partial charge in [-0.2, -0.15) is 0 Å². The first-order valence-corrected chi connectivity index (χ1v) is 5.22. The Morgan fingerprint density at radius 1 is 1.54 bits per heavy atom. The minimum Gasteiger partial charge on any atom is -0.314 e. The third-order valence-corrected chi connectivity index (χ3v) is 2.89. The highest BCUT2D eigenvalue weighted by atomic mass is 79.9. The van der Waals surface area contributed by atoms with Crippen molar-refractivity contribution in [2.75, 3.05) is 6.54 Å². The smallest absolute Gasteiger partial charge is 0.126 e. The van der Waals surface area contributed by atoms with Crippen LogP contribution in [0.3, 0.4) is 0 Å². The highest BCUT2D eigenvalue weighted by Crippen LogP contribution is 2.19. The summed E-state index contributed by atoms with van der Waals surface area (Å²) in [5.74, 6) is -0.100. The maximum absolute atomic E-state index is 13.2. The highest BCUT2D eigenvalue weighted by Gasteiger charge is 2.18. The molecule has 70 valence electrons. The topological polar surface area (TPSA) is 12.0 Å². The molecule has 1 aliphatic rings. The minimum atomic E-state index is -0.100. The molecule has 1 nitrogen and oxygen atoms in total. The van der Waals surface area contributed by atoms with Crippen LogP contribution in [-0.4, -0.2) is 12.6 Å². The Balaban J connectivity index is 2.13. The molecule has 1 fully saturated rings. The summed E-state index contributed by atoms with van der Waals surface area (Å²) >= 11 is 3.34. The van der Waals surface area contributed by atoms with Crippen molar-refractivity contribution >= 4 is 15.9 Å². The average molecular weight is 244 g/mol. The van der Waals surface area contributed by atoms with Crippen LogP contribution in [0.15, 0.2) is 22.7 Å². The summed E-state index contributed by atoms with van der Waals surface area (Å²) in [5.41, 5.74) is 0.798. The van der Waals surface area contributed by atoms with Crippen LogP contribution in [0.25, 0.3) is 0 Å². The van der Waals surface area contributed by atoms with Gasteiger partial charge in [-0.25, -0.2) is 4.39 Å². The molecule has 2 rings (SSSR count). The summed E-state index contributed by atoms with van der Waals surface area (Å²) in [5, 5.41) is 3.26. The Morgan fingerprint density at radius 2 is 2.31 bits per heavy atom. The molecule has 0 saturated carbocycles. The summed E-state index contributed by atoms with van der Waals surface area (Å²) in [4.78, 5) is 0. The van der Waals surface area contributed by atoms with E-state index in [1.807, 2.05) is 6.07 Å². The van der Waals surface area contributed by atoms with Crippen molar-refractivity contribution in [3.63, 3.8) is 0 Å². The van der Waals surface area contributed by atoms with E-state index in [9.17, 15) is 4.39 Å². The summed E-state index contributed by atoms with van der Waals surface area (Å²) in [6.07, 6.45) is 1.96. The average Bonchev–Trinajstić information content (AvgIpc) is 2.03. The van der Waals surface area contributed by atoms with Gasteiger partial charge in [-0.05, 0) is 43.1 Å². The molecule has 0 amide bonds. The monoisotopic (exact) mass is 243 g/mol. The third-order valence-electron chi connectivity index (χ3n) is 2.40. The highest BCUT2D eigenvalue weighted by molar-refractivity contribution is 9.10. The zero-order chi connectivity index (χ0) is 9.26. The van der Waals surface area contributed by atoms with Crippen LogP contribution in [0.2, 0.25) is 0 Å². The SMILES string of the molecule is Fc1ccc(Br)cc1CC1CCN1. The molecular formula is C10H11BrFN. The minimum absolute atomic E-state index is 0.100. The predicted molar refractivity (Wildman–Crippen MR) is 54.2 cm³/mol. The van der Waals surface area contributed by atoms with Crippen LogP contribution in [0.1, 0.15) is 12.0 Å². The van der Waals surface area contributed by atoms with Crippen LogP contribution in [0.4, 0.5) is 4.39 Å². The fourth-order valence-corrected chi connectivity index (χ4v) is 1.90. The molecule has 1 heterocycles. The number of nitrogens with one attached hydrogen (secondary N) is 1. The molecule has 0 bridgehead atoms. The summed E-state index contributed by atoms with van der Waals surface area (Å²) in [7, 11) is 0. The van der Waals surface area contributed by atoms with Gasteiger partial charge in [-0.15, -0.1) is 0 Å². The van der Waals surface area contributed by atoms with E-state index in [-0.39, 0.29) is 5.82 Å². The largest absolute Gasteiger partial charge is 0.314 e. The van der Waals surface area contributed by atoms with E-state index in [1.54, 1.807) is 6.07 Å². The molecule has 1 aromatic rings. The second-order valence-corrected chi connectivity index (χ2v) is 4.30. The standard InChI is InChI=1S/C10H11BrFN/c11-8-1-2-10(12)7(5-8)6-9-3-4-13-9/h1-2,5,9,13H,3-4,6H2. The Morgan fingerprint density at radius 3 is 2.92 bits per heavy atom. The van der Waals surface area contributed by atoms with Crippen molar-refractivity contribution in [1.82, 2.24) is 5.32 Å². The zero-order valence-corrected chi connectivity index (χ0v) is 8.77. The van der Waals surface area contributed by atoms with Crippen molar-refractivity contribution in [2.45, 2.75) is 18.9 Å². The lowest BCUT2D eigenvalue weighted by Crippen LogP contribution is -2.44. The third kappa shape index (κ3) is 2.09. The van der Waals surface area contributed by atoms with E-state index in [0.717, 1.165) is 29.4 Å². The molecule has 0 aromatic heterocycles. The lowest BCUT2D eigenvalue weighted by Gasteiger charge is -2.27. The second kappa shape index (κ2) is 3.76. The molecule has 13 heavy (non-hydrogen) atoms. The summed E-state index contributed by atoms with van der Waals surface area (Å²) < 4.78 is 14.2. The summed E-state index contributed by atoms with van der Waals surface area (Å²) in [6.45, 7) is 1.07. The van der Waals surface area contributed by atoms with Gasteiger partial charge in [0.05, 0.1) is 0 Å². The molecule has 1 saturated heterocycles. The first-order chi connectivity index (χ1) is 6.25. The van der Waals surface area contributed by atoms with Crippen LogP contribution in [-0.2, 0) is 6.42 Å². The van der Waals surface area contributed by atoms with E-state index in [1.165, 1.54) is 6.07 Å². The van der Waals surface area contributed by atoms with Crippen LogP contribution < -0.4 is 5.32 Å². The van der Waals surface area contributed by atoms with Gasteiger partial charge in [-0.1, -0.05) is 15.9 Å². The molecular weight excluding hydrogens is 233 g/mol. The number of halogens is 2. The Labute approximate surface area is 85.5 Å². The molecule has 1 aromatic carbocycles. The molecule has 1 N–H and O–H groups in total. The quantitative estimate of drug-likeness (QED) is 0.842. The lowest BCUT2D eigenvalue weighted by atomic mass is 9.98. The number of hydrogen-bond acceptors (Lipinski definition) is 1. The van der Waals surface area contributed by atoms with Gasteiger partial charge >= 0.3 is 0 Å². The zero-order valence-electron chi connectivity index (χ0n) is 7.19. The maximum atomic E-state index is 13.2. The van der Waals surface area contributed by atoms with E-state index in [2.05, 4.69) is 21.2 Å². The van der Waals surface area contributed by atoms with E-state index in [0.29, 0.717) is 6.04 Å². The molecule has 0 spiro atoms. The van der Waals surface area contributed by atoms with Crippen LogP contribution in [0, 0.1) is 5.82 Å². The molecule has 3 heteroatoms. The first-order valence-electron chi connectivity index (χ1n) is 4.43. The first kappa shape index (κ1) is 9.16. The van der Waals surface area contributed by atoms with Crippen LogP contribution in [0.5, 0.6) is 0 Å². The lowest BCUT2D eigenvalue weighted by molar-refractivity contribution is 0.365. The Kier molecular flexibility index (Phi) is 2.65. The summed E-state index contributed by atoms with van der Waals surface area (Å²) in [6, 6.07) is 5.57. The van der Waals surface area contributed by atoms with Crippen molar-refractivity contribution < 1.29 is 4.39 Å². The van der Waals surface area contributed by atoms with Gasteiger partial charge in [0, 0.05) is 10.5 Å². The fraction of sp³-hybridized carbons (Fsp3) is 0.400. The Bertz CT molecular complexity index is 310. The van der Waals surface area contributed by atoms with Crippen LogP contribution >= 0.6 is 15.9 Å². The maximum Gasteiger partial charge on any atom is 0.126 e. The van der Waals surface area contributed by atoms with Crippen molar-refractivity contribution in [3.8, 4) is 0 Å². The van der Waals surface area contributed by atoms with Gasteiger partial charge in [-0.3, -0.25) is 0 Å². The van der Waals surface area contributed by atoms with Crippen molar-refractivity contribution in [1.29, 1.82) is 0 Å². The predicted octanol–water partition coefficient (Wildman–Crippen LogP) is 2.49. The van der Waals surface area contributed by atoms with Gasteiger partial charge < -0.3 is 5.32 Å². The second-order valence-electron chi connectivity index (χ2n) is 3.38. The van der Waals surface area contributed by atoms with E-state index < -0.39 is 0 Å². The Hall–Kier alpha value is -0.410. The number of hydrogen-bond donors (Lipinski definition) is 1. The number of rotatable bonds is 2. The molecule has 0 aliphatic carbocycles. The fourth-order valence-electron chi connectivity index (χ4n) is 1.49. The van der Waals surface area contributed by atoms with Gasteiger partial charge in [0.2, 0.25) is 0 Å². The van der Waals surface area contributed by atoms with Crippen molar-refractivity contribution in [3.05, 3.63) is 34.1 Å². The van der Waals surface area contributed by atoms with Gasteiger partial charge in [0.15, 0.2) is 0 Å². The molecule has 1 aliphatic heterocycles.